The van der Waals surface area contributed by atoms with Crippen LogP contribution in [-0.2, 0) is 14.3 Å². The van der Waals surface area contributed by atoms with Gasteiger partial charge in [-0.2, -0.15) is 0 Å². The normalized spacial score (nSPS) is 12.6. The first kappa shape index (κ1) is 85.3. The van der Waals surface area contributed by atoms with Crippen molar-refractivity contribution in [1.82, 2.24) is 5.32 Å². The molecule has 1 amide bonds. The largest absolute Gasteiger partial charge is 0.466 e. The van der Waals surface area contributed by atoms with Crippen LogP contribution < -0.4 is 5.32 Å². The van der Waals surface area contributed by atoms with Crippen LogP contribution in [0.5, 0.6) is 0 Å². The Morgan fingerprint density at radius 3 is 0.816 bits per heavy atom. The Hall–Kier alpha value is -1.66. The Morgan fingerprint density at radius 2 is 0.540 bits per heavy atom. The molecule has 0 rings (SSSR count). The van der Waals surface area contributed by atoms with Gasteiger partial charge in [0.1, 0.15) is 0 Å². The molecule has 2 atom stereocenters. The average Bonchev–Trinajstić information content (AvgIpc) is 3.53. The minimum atomic E-state index is -0.841. The summed E-state index contributed by atoms with van der Waals surface area (Å²) in [5, 5.41) is 23.2. The number of allylic oxidation sites excluding steroid dienone is 3. The molecule has 0 bridgehead atoms. The number of unbranched alkanes of at least 4 members (excludes halogenated alkanes) is 63. The zero-order valence-electron chi connectivity index (χ0n) is 59.3. The van der Waals surface area contributed by atoms with Crippen molar-refractivity contribution in [3.63, 3.8) is 0 Å². The standard InChI is InChI=1S/C81H157NO5/c1-3-5-7-9-11-13-15-17-19-21-43-47-51-55-59-63-67-71-75-81(86)87-76-72-68-64-60-56-52-48-44-40-38-36-34-32-30-28-26-24-22-23-25-27-29-31-33-35-37-39-42-46-50-54-58-62-66-70-74-80(85)82-78(77-83)79(84)73-69-65-61-57-53-49-45-41-20-18-16-14-12-10-8-6-4-2/h19,21,69,73,78-79,83-84H,3-18,20,22-68,70-72,74-77H2,1-2H3,(H,82,85)/b21-19-,73-69+. The van der Waals surface area contributed by atoms with E-state index < -0.39 is 12.1 Å². The molecule has 0 aromatic rings. The van der Waals surface area contributed by atoms with Gasteiger partial charge in [0.2, 0.25) is 5.91 Å². The number of aliphatic hydroxyl groups excluding tert-OH is 2. The van der Waals surface area contributed by atoms with Crippen molar-refractivity contribution in [3.05, 3.63) is 24.3 Å². The summed E-state index contributed by atoms with van der Waals surface area (Å²) >= 11 is 0. The van der Waals surface area contributed by atoms with Crippen LogP contribution in [0.3, 0.4) is 0 Å². The number of ether oxygens (including phenoxy) is 1. The van der Waals surface area contributed by atoms with E-state index in [0.29, 0.717) is 19.4 Å². The third-order valence-corrected chi connectivity index (χ3v) is 19.0. The fourth-order valence-electron chi connectivity index (χ4n) is 12.9. The lowest BCUT2D eigenvalue weighted by atomic mass is 10.0. The Bertz CT molecular complexity index is 1360. The summed E-state index contributed by atoms with van der Waals surface area (Å²) in [6, 6.07) is -0.624. The van der Waals surface area contributed by atoms with E-state index >= 15 is 0 Å². The summed E-state index contributed by atoms with van der Waals surface area (Å²) in [5.74, 6) is -0.0384. The first-order valence-electron chi connectivity index (χ1n) is 40.1. The van der Waals surface area contributed by atoms with E-state index in [0.717, 1.165) is 38.5 Å². The Balaban J connectivity index is 3.31. The van der Waals surface area contributed by atoms with Gasteiger partial charge in [0.05, 0.1) is 25.4 Å². The molecule has 516 valence electrons. The zero-order valence-corrected chi connectivity index (χ0v) is 59.3. The minimum Gasteiger partial charge on any atom is -0.466 e. The molecule has 0 aromatic heterocycles. The van der Waals surface area contributed by atoms with Gasteiger partial charge >= 0.3 is 5.97 Å². The summed E-state index contributed by atoms with van der Waals surface area (Å²) in [5.41, 5.74) is 0. The monoisotopic (exact) mass is 1220 g/mol. The lowest BCUT2D eigenvalue weighted by Crippen LogP contribution is -2.45. The smallest absolute Gasteiger partial charge is 0.305 e. The van der Waals surface area contributed by atoms with Crippen molar-refractivity contribution in [1.29, 1.82) is 0 Å². The van der Waals surface area contributed by atoms with Gasteiger partial charge in [0, 0.05) is 12.8 Å². The third-order valence-electron chi connectivity index (χ3n) is 19.0. The number of rotatable bonds is 76. The maximum Gasteiger partial charge on any atom is 0.305 e. The fourth-order valence-corrected chi connectivity index (χ4v) is 12.9. The van der Waals surface area contributed by atoms with Gasteiger partial charge in [-0.3, -0.25) is 9.59 Å². The summed E-state index contributed by atoms with van der Waals surface area (Å²) in [4.78, 5) is 24.6. The van der Waals surface area contributed by atoms with E-state index in [1.165, 1.54) is 392 Å². The average molecular weight is 1230 g/mol. The third kappa shape index (κ3) is 73.3. The van der Waals surface area contributed by atoms with Crippen LogP contribution in [0.25, 0.3) is 0 Å². The molecule has 6 heteroatoms. The van der Waals surface area contributed by atoms with Crippen molar-refractivity contribution in [3.8, 4) is 0 Å². The first-order valence-corrected chi connectivity index (χ1v) is 40.1. The number of hydrogen-bond acceptors (Lipinski definition) is 5. The highest BCUT2D eigenvalue weighted by atomic mass is 16.5. The Labute approximate surface area is 545 Å². The Kier molecular flexibility index (Phi) is 75.3. The first-order chi connectivity index (χ1) is 43.0. The van der Waals surface area contributed by atoms with Gasteiger partial charge < -0.3 is 20.3 Å². The lowest BCUT2D eigenvalue weighted by Gasteiger charge is -2.20. The number of esters is 1. The number of hydrogen-bond donors (Lipinski definition) is 3. The van der Waals surface area contributed by atoms with E-state index in [-0.39, 0.29) is 18.5 Å². The molecule has 0 spiro atoms. The molecule has 0 radical (unpaired) electrons. The highest BCUT2D eigenvalue weighted by Crippen LogP contribution is 2.20. The minimum absolute atomic E-state index is 0.0204. The number of carbonyl (C=O) groups excluding carboxylic acids is 2. The van der Waals surface area contributed by atoms with Crippen LogP contribution in [-0.4, -0.2) is 47.4 Å². The molecular formula is C81H157NO5. The number of carbonyl (C=O) groups is 2. The summed E-state index contributed by atoms with van der Waals surface area (Å²) in [6.45, 7) is 4.95. The van der Waals surface area contributed by atoms with Gasteiger partial charge in [-0.1, -0.05) is 411 Å². The van der Waals surface area contributed by atoms with E-state index in [4.69, 9.17) is 4.74 Å². The SMILES string of the molecule is CCCCCCCCC/C=C\CCCCCCCCCC(=O)OCCCCCCCCCCCCCCCCCCCCCCCCCCCCCCCCCCCCCC(=O)NC(CO)C(O)/C=C/CCCCCCCCCCCCCCCCC. The van der Waals surface area contributed by atoms with E-state index in [1.807, 2.05) is 6.08 Å². The molecule has 0 aromatic carbocycles. The number of amides is 1. The van der Waals surface area contributed by atoms with Gasteiger partial charge in [-0.05, 0) is 57.8 Å². The molecule has 0 aliphatic rings. The van der Waals surface area contributed by atoms with E-state index in [1.54, 1.807) is 6.08 Å². The molecule has 6 nitrogen and oxygen atoms in total. The van der Waals surface area contributed by atoms with E-state index in [2.05, 4.69) is 31.3 Å². The molecule has 0 saturated carbocycles. The van der Waals surface area contributed by atoms with Crippen LogP contribution in [0, 0.1) is 0 Å². The van der Waals surface area contributed by atoms with Crippen molar-refractivity contribution in [2.24, 2.45) is 0 Å². The van der Waals surface area contributed by atoms with Gasteiger partial charge in [0.15, 0.2) is 0 Å². The van der Waals surface area contributed by atoms with Crippen molar-refractivity contribution < 1.29 is 24.5 Å². The van der Waals surface area contributed by atoms with E-state index in [9.17, 15) is 19.8 Å². The highest BCUT2D eigenvalue weighted by molar-refractivity contribution is 5.76. The molecular weight excluding hydrogens is 1070 g/mol. The van der Waals surface area contributed by atoms with Crippen molar-refractivity contribution in [2.45, 2.75) is 469 Å². The predicted molar refractivity (Wildman–Crippen MR) is 384 cm³/mol. The van der Waals surface area contributed by atoms with Crippen LogP contribution in [0.1, 0.15) is 457 Å². The van der Waals surface area contributed by atoms with Gasteiger partial charge in [-0.25, -0.2) is 0 Å². The predicted octanol–water partition coefficient (Wildman–Crippen LogP) is 26.4. The number of aliphatic hydroxyl groups is 2. The molecule has 87 heavy (non-hydrogen) atoms. The summed E-state index contributed by atoms with van der Waals surface area (Å²) < 4.78 is 5.52. The summed E-state index contributed by atoms with van der Waals surface area (Å²) in [6.07, 6.45) is 98.8. The quantitative estimate of drug-likeness (QED) is 0.0320. The summed E-state index contributed by atoms with van der Waals surface area (Å²) in [7, 11) is 0. The van der Waals surface area contributed by atoms with Crippen LogP contribution >= 0.6 is 0 Å². The second kappa shape index (κ2) is 76.8. The van der Waals surface area contributed by atoms with Gasteiger partial charge in [-0.15, -0.1) is 0 Å². The molecule has 0 aliphatic carbocycles. The second-order valence-electron chi connectivity index (χ2n) is 27.8. The van der Waals surface area contributed by atoms with Crippen LogP contribution in [0.4, 0.5) is 0 Å². The molecule has 0 saturated heterocycles. The van der Waals surface area contributed by atoms with Gasteiger partial charge in [0.25, 0.3) is 0 Å². The molecule has 0 fully saturated rings. The number of nitrogens with one attached hydrogen (secondary N) is 1. The maximum atomic E-state index is 12.5. The molecule has 3 N–H and O–H groups in total. The van der Waals surface area contributed by atoms with Crippen LogP contribution in [0.2, 0.25) is 0 Å². The maximum absolute atomic E-state index is 12.5. The fraction of sp³-hybridized carbons (Fsp3) is 0.926. The molecule has 0 aliphatic heterocycles. The second-order valence-corrected chi connectivity index (χ2v) is 27.8. The van der Waals surface area contributed by atoms with Crippen molar-refractivity contribution in [2.75, 3.05) is 13.2 Å². The highest BCUT2D eigenvalue weighted by Gasteiger charge is 2.18. The molecule has 0 heterocycles. The van der Waals surface area contributed by atoms with Crippen LogP contribution in [0.15, 0.2) is 24.3 Å². The Morgan fingerprint density at radius 1 is 0.310 bits per heavy atom. The van der Waals surface area contributed by atoms with Crippen molar-refractivity contribution >= 4 is 11.9 Å². The lowest BCUT2D eigenvalue weighted by molar-refractivity contribution is -0.143. The topological polar surface area (TPSA) is 95.9 Å². The molecule has 2 unspecified atom stereocenters. The zero-order chi connectivity index (χ0) is 62.8.